The van der Waals surface area contributed by atoms with E-state index in [1.807, 2.05) is 36.4 Å². The molecule has 0 unspecified atom stereocenters. The van der Waals surface area contributed by atoms with Gasteiger partial charge in [0.2, 0.25) is 5.43 Å². The molecule has 37 heavy (non-hydrogen) atoms. The van der Waals surface area contributed by atoms with E-state index >= 15 is 0 Å². The summed E-state index contributed by atoms with van der Waals surface area (Å²) < 4.78 is 8.53. The molecule has 0 bridgehead atoms. The lowest BCUT2D eigenvalue weighted by atomic mass is 9.98. The van der Waals surface area contributed by atoms with Crippen LogP contribution in [-0.4, -0.2) is 4.57 Å². The van der Waals surface area contributed by atoms with Crippen molar-refractivity contribution in [2.75, 3.05) is 0 Å². The maximum Gasteiger partial charge on any atom is 0.200 e. The van der Waals surface area contributed by atoms with Gasteiger partial charge in [0.05, 0.1) is 21.8 Å². The maximum atomic E-state index is 13.1. The number of nitrogens with zero attached hydrogens (tertiary/aromatic N) is 1. The van der Waals surface area contributed by atoms with Crippen LogP contribution in [0.4, 0.5) is 0 Å². The monoisotopic (exact) mass is 479 g/mol. The lowest BCUT2D eigenvalue weighted by Crippen LogP contribution is -2.02. The molecule has 0 spiro atoms. The predicted molar refractivity (Wildman–Crippen MR) is 154 cm³/mol. The average Bonchev–Trinajstić information content (AvgIpc) is 3.26. The Morgan fingerprint density at radius 1 is 0.568 bits per heavy atom. The molecule has 0 radical (unpaired) electrons. The summed E-state index contributed by atoms with van der Waals surface area (Å²) in [6.45, 7) is 6.41. The van der Waals surface area contributed by atoms with E-state index in [0.29, 0.717) is 21.9 Å². The van der Waals surface area contributed by atoms with Crippen molar-refractivity contribution in [2.24, 2.45) is 0 Å². The molecule has 3 nitrogen and oxygen atoms in total. The van der Waals surface area contributed by atoms with Crippen molar-refractivity contribution in [1.29, 1.82) is 0 Å². The van der Waals surface area contributed by atoms with Crippen LogP contribution in [-0.2, 0) is 0 Å². The first-order valence-corrected chi connectivity index (χ1v) is 12.6. The molecule has 0 aliphatic carbocycles. The van der Waals surface area contributed by atoms with Gasteiger partial charge in [0.25, 0.3) is 0 Å². The van der Waals surface area contributed by atoms with Crippen molar-refractivity contribution in [3.05, 3.63) is 124 Å². The second-order valence-electron chi connectivity index (χ2n) is 9.92. The van der Waals surface area contributed by atoms with Gasteiger partial charge in [0, 0.05) is 16.5 Å². The summed E-state index contributed by atoms with van der Waals surface area (Å²) in [5, 5.41) is 3.78. The van der Waals surface area contributed by atoms with E-state index in [4.69, 9.17) is 4.42 Å². The van der Waals surface area contributed by atoms with Gasteiger partial charge in [0.15, 0.2) is 0 Å². The minimum absolute atomic E-state index is 0.0129. The molecule has 5 aromatic carbocycles. The van der Waals surface area contributed by atoms with Crippen molar-refractivity contribution in [3.63, 3.8) is 0 Å². The van der Waals surface area contributed by atoms with Crippen LogP contribution in [0.15, 0.2) is 106 Å². The first-order chi connectivity index (χ1) is 18.0. The Kier molecular flexibility index (Phi) is 4.64. The van der Waals surface area contributed by atoms with Gasteiger partial charge in [-0.25, -0.2) is 0 Å². The highest BCUT2D eigenvalue weighted by molar-refractivity contribution is 6.11. The Hall–Kier alpha value is -4.63. The van der Waals surface area contributed by atoms with Crippen LogP contribution in [0.2, 0.25) is 0 Å². The van der Waals surface area contributed by atoms with Crippen LogP contribution in [0.3, 0.4) is 0 Å². The molecule has 7 aromatic rings. The van der Waals surface area contributed by atoms with E-state index < -0.39 is 0 Å². The van der Waals surface area contributed by atoms with Gasteiger partial charge in [-0.05, 0) is 85.0 Å². The third-order valence-electron chi connectivity index (χ3n) is 7.57. The van der Waals surface area contributed by atoms with E-state index in [0.717, 1.165) is 22.4 Å². The number of hydrogen-bond acceptors (Lipinski definition) is 2. The van der Waals surface area contributed by atoms with Crippen LogP contribution < -0.4 is 5.43 Å². The molecule has 3 heteroatoms. The minimum atomic E-state index is 0.0129. The predicted octanol–water partition coefficient (Wildman–Crippen LogP) is 8.64. The molecule has 0 N–H and O–H groups in total. The number of aryl methyl sites for hydroxylation is 3. The Morgan fingerprint density at radius 2 is 1.19 bits per heavy atom. The normalized spacial score (nSPS) is 11.8. The molecule has 0 fully saturated rings. The molecule has 0 aliphatic rings. The summed E-state index contributed by atoms with van der Waals surface area (Å²) in [7, 11) is 0. The van der Waals surface area contributed by atoms with Gasteiger partial charge in [0.1, 0.15) is 11.2 Å². The smallest absolute Gasteiger partial charge is 0.200 e. The third kappa shape index (κ3) is 3.17. The molecule has 0 saturated heterocycles. The van der Waals surface area contributed by atoms with Crippen molar-refractivity contribution >= 4 is 43.7 Å². The second kappa shape index (κ2) is 7.94. The van der Waals surface area contributed by atoms with Gasteiger partial charge in [-0.3, -0.25) is 4.79 Å². The fourth-order valence-electron chi connectivity index (χ4n) is 5.77. The molecular formula is C34H25NO2. The average molecular weight is 480 g/mol. The molecule has 178 valence electrons. The van der Waals surface area contributed by atoms with Gasteiger partial charge >= 0.3 is 0 Å². The summed E-state index contributed by atoms with van der Waals surface area (Å²) in [5.41, 5.74) is 10.6. The largest absolute Gasteiger partial charge is 0.456 e. The lowest BCUT2D eigenvalue weighted by molar-refractivity contribution is 0.660. The van der Waals surface area contributed by atoms with Crippen LogP contribution >= 0.6 is 0 Å². The fourth-order valence-corrected chi connectivity index (χ4v) is 5.77. The third-order valence-corrected chi connectivity index (χ3v) is 7.57. The Labute approximate surface area is 214 Å². The number of benzene rings is 5. The number of hydrogen-bond donors (Lipinski definition) is 0. The fraction of sp³-hybridized carbons (Fsp3) is 0.0882. The summed E-state index contributed by atoms with van der Waals surface area (Å²) >= 11 is 0. The first-order valence-electron chi connectivity index (χ1n) is 12.6. The molecule has 2 aromatic heterocycles. The first kappa shape index (κ1) is 21.6. The molecule has 0 amide bonds. The molecule has 7 rings (SSSR count). The minimum Gasteiger partial charge on any atom is -0.456 e. The molecular weight excluding hydrogens is 454 g/mol. The Balaban J connectivity index is 1.42. The zero-order valence-electron chi connectivity index (χ0n) is 21.0. The van der Waals surface area contributed by atoms with E-state index in [9.17, 15) is 4.79 Å². The standard InChI is InChI=1S/C34H25NO2/c1-20-8-6-11-25-26-12-7-9-21(2)33(26)35(32(20)25)24-16-14-23(15-17-24)28-19-31-29(18-22(28)3)34(36)27-10-4-5-13-30(27)37-31/h4-19H,1-3H3. The van der Waals surface area contributed by atoms with Crippen molar-refractivity contribution in [3.8, 4) is 16.8 Å². The Morgan fingerprint density at radius 3 is 1.86 bits per heavy atom. The van der Waals surface area contributed by atoms with Crippen molar-refractivity contribution in [1.82, 2.24) is 4.57 Å². The summed E-state index contributed by atoms with van der Waals surface area (Å²) in [5.74, 6) is 0. The van der Waals surface area contributed by atoms with Crippen LogP contribution in [0.1, 0.15) is 16.7 Å². The highest BCUT2D eigenvalue weighted by Crippen LogP contribution is 2.36. The van der Waals surface area contributed by atoms with E-state index in [2.05, 4.69) is 86.0 Å². The number of aromatic nitrogens is 1. The zero-order valence-corrected chi connectivity index (χ0v) is 21.0. The molecule has 0 saturated carbocycles. The highest BCUT2D eigenvalue weighted by atomic mass is 16.3. The quantitative estimate of drug-likeness (QED) is 0.233. The molecule has 0 atom stereocenters. The second-order valence-corrected chi connectivity index (χ2v) is 9.92. The highest BCUT2D eigenvalue weighted by Gasteiger charge is 2.16. The van der Waals surface area contributed by atoms with E-state index in [-0.39, 0.29) is 5.43 Å². The maximum absolute atomic E-state index is 13.1. The van der Waals surface area contributed by atoms with Crippen molar-refractivity contribution in [2.45, 2.75) is 20.8 Å². The van der Waals surface area contributed by atoms with Gasteiger partial charge in [-0.15, -0.1) is 0 Å². The topological polar surface area (TPSA) is 35.1 Å². The zero-order chi connectivity index (χ0) is 25.3. The van der Waals surface area contributed by atoms with Crippen LogP contribution in [0.25, 0.3) is 60.6 Å². The van der Waals surface area contributed by atoms with Crippen molar-refractivity contribution < 1.29 is 4.42 Å². The number of fused-ring (bicyclic) bond motifs is 5. The number of rotatable bonds is 2. The lowest BCUT2D eigenvalue weighted by Gasteiger charge is -2.13. The van der Waals surface area contributed by atoms with Gasteiger partial charge < -0.3 is 8.98 Å². The number of para-hydroxylation sites is 3. The van der Waals surface area contributed by atoms with Gasteiger partial charge in [-0.2, -0.15) is 0 Å². The van der Waals surface area contributed by atoms with Crippen LogP contribution in [0.5, 0.6) is 0 Å². The SMILES string of the molecule is Cc1cc2c(=O)c3ccccc3oc2cc1-c1ccc(-n2c3c(C)cccc3c3cccc(C)c32)cc1. The summed E-state index contributed by atoms with van der Waals surface area (Å²) in [6, 6.07) is 33.1. The Bertz CT molecular complexity index is 2020. The summed E-state index contributed by atoms with van der Waals surface area (Å²) in [4.78, 5) is 13.1. The molecule has 2 heterocycles. The summed E-state index contributed by atoms with van der Waals surface area (Å²) in [6.07, 6.45) is 0. The van der Waals surface area contributed by atoms with E-state index in [1.54, 1.807) is 0 Å². The van der Waals surface area contributed by atoms with E-state index in [1.165, 1.54) is 32.9 Å². The molecule has 0 aliphatic heterocycles. The van der Waals surface area contributed by atoms with Gasteiger partial charge in [-0.1, -0.05) is 60.7 Å². The van der Waals surface area contributed by atoms with Crippen LogP contribution in [0, 0.1) is 20.8 Å².